The molecule has 8 nitrogen and oxygen atoms in total. The van der Waals surface area contributed by atoms with E-state index in [0.717, 1.165) is 6.07 Å². The number of benzene rings is 1. The SMILES string of the molecule is Cc1ccc([N+](=O)[O-])cc1S(=O)(=O)N1CCN(C(=O)C(C)C)CC1. The number of nitro benzene ring substituents is 1. The first-order valence-corrected chi connectivity index (χ1v) is 9.12. The Labute approximate surface area is 141 Å². The van der Waals surface area contributed by atoms with Gasteiger partial charge >= 0.3 is 0 Å². The van der Waals surface area contributed by atoms with E-state index >= 15 is 0 Å². The number of rotatable bonds is 4. The number of carbonyl (C=O) groups excluding carboxylic acids is 1. The number of hydrogen-bond acceptors (Lipinski definition) is 5. The third-order valence-corrected chi connectivity index (χ3v) is 6.09. The number of piperazine rings is 1. The molecule has 1 aliphatic heterocycles. The van der Waals surface area contributed by atoms with Gasteiger partial charge in [-0.3, -0.25) is 14.9 Å². The summed E-state index contributed by atoms with van der Waals surface area (Å²) >= 11 is 0. The van der Waals surface area contributed by atoms with Gasteiger partial charge in [-0.1, -0.05) is 19.9 Å². The van der Waals surface area contributed by atoms with Crippen LogP contribution in [-0.4, -0.2) is 54.6 Å². The Morgan fingerprint density at radius 1 is 1.21 bits per heavy atom. The summed E-state index contributed by atoms with van der Waals surface area (Å²) < 4.78 is 26.9. The van der Waals surface area contributed by atoms with Crippen LogP contribution in [0.3, 0.4) is 0 Å². The summed E-state index contributed by atoms with van der Waals surface area (Å²) in [4.78, 5) is 23.9. The van der Waals surface area contributed by atoms with Gasteiger partial charge in [0, 0.05) is 44.2 Å². The smallest absolute Gasteiger partial charge is 0.270 e. The van der Waals surface area contributed by atoms with E-state index in [1.807, 2.05) is 0 Å². The van der Waals surface area contributed by atoms with E-state index in [2.05, 4.69) is 0 Å². The fraction of sp³-hybridized carbons (Fsp3) is 0.533. The van der Waals surface area contributed by atoms with Crippen LogP contribution < -0.4 is 0 Å². The van der Waals surface area contributed by atoms with Crippen LogP contribution in [0.4, 0.5) is 5.69 Å². The molecule has 0 N–H and O–H groups in total. The number of aryl methyl sites for hydroxylation is 1. The van der Waals surface area contributed by atoms with Gasteiger partial charge in [0.1, 0.15) is 0 Å². The molecular weight excluding hydrogens is 334 g/mol. The van der Waals surface area contributed by atoms with Gasteiger partial charge in [-0.05, 0) is 12.5 Å². The fourth-order valence-electron chi connectivity index (χ4n) is 2.63. The Balaban J connectivity index is 2.22. The lowest BCUT2D eigenvalue weighted by Gasteiger charge is -2.35. The molecule has 0 aromatic heterocycles. The van der Waals surface area contributed by atoms with Gasteiger partial charge in [0.15, 0.2) is 0 Å². The van der Waals surface area contributed by atoms with Gasteiger partial charge in [0.25, 0.3) is 5.69 Å². The van der Waals surface area contributed by atoms with Gasteiger partial charge in [0.2, 0.25) is 15.9 Å². The first-order chi connectivity index (χ1) is 11.1. The molecule has 9 heteroatoms. The van der Waals surface area contributed by atoms with Crippen LogP contribution in [0.1, 0.15) is 19.4 Å². The molecule has 24 heavy (non-hydrogen) atoms. The van der Waals surface area contributed by atoms with Gasteiger partial charge in [0.05, 0.1) is 9.82 Å². The molecule has 1 aromatic carbocycles. The van der Waals surface area contributed by atoms with Crippen LogP contribution in [0.15, 0.2) is 23.1 Å². The highest BCUT2D eigenvalue weighted by Gasteiger charge is 2.32. The molecule has 1 fully saturated rings. The Bertz CT molecular complexity index is 752. The number of nitro groups is 1. The van der Waals surface area contributed by atoms with Crippen molar-refractivity contribution >= 4 is 21.6 Å². The third kappa shape index (κ3) is 3.57. The molecule has 0 bridgehead atoms. The highest BCUT2D eigenvalue weighted by Crippen LogP contribution is 2.25. The lowest BCUT2D eigenvalue weighted by molar-refractivity contribution is -0.385. The second kappa shape index (κ2) is 6.86. The molecule has 0 saturated carbocycles. The summed E-state index contributed by atoms with van der Waals surface area (Å²) in [5.74, 6) is -0.134. The third-order valence-electron chi connectivity index (χ3n) is 4.04. The predicted molar refractivity (Wildman–Crippen MR) is 88.0 cm³/mol. The Hall–Kier alpha value is -2.00. The molecule has 1 saturated heterocycles. The molecule has 0 spiro atoms. The predicted octanol–water partition coefficient (Wildman–Crippen LogP) is 1.39. The van der Waals surface area contributed by atoms with E-state index in [9.17, 15) is 23.3 Å². The second-order valence-electron chi connectivity index (χ2n) is 6.09. The van der Waals surface area contributed by atoms with Crippen molar-refractivity contribution in [1.82, 2.24) is 9.21 Å². The van der Waals surface area contributed by atoms with Crippen molar-refractivity contribution in [2.75, 3.05) is 26.2 Å². The molecule has 1 heterocycles. The number of carbonyl (C=O) groups is 1. The molecule has 0 radical (unpaired) electrons. The van der Waals surface area contributed by atoms with Gasteiger partial charge in [-0.25, -0.2) is 8.42 Å². The van der Waals surface area contributed by atoms with E-state index in [1.165, 1.54) is 16.4 Å². The maximum Gasteiger partial charge on any atom is 0.270 e. The number of amides is 1. The van der Waals surface area contributed by atoms with E-state index in [1.54, 1.807) is 25.7 Å². The molecule has 0 atom stereocenters. The minimum absolute atomic E-state index is 0.00132. The highest BCUT2D eigenvalue weighted by atomic mass is 32.2. The number of nitrogens with zero attached hydrogens (tertiary/aromatic N) is 3. The monoisotopic (exact) mass is 355 g/mol. The maximum absolute atomic E-state index is 12.8. The summed E-state index contributed by atoms with van der Waals surface area (Å²) in [6.45, 7) is 6.23. The average Bonchev–Trinajstić information content (AvgIpc) is 2.54. The van der Waals surface area contributed by atoms with E-state index in [4.69, 9.17) is 0 Å². The van der Waals surface area contributed by atoms with E-state index < -0.39 is 14.9 Å². The van der Waals surface area contributed by atoms with Crippen molar-refractivity contribution in [2.24, 2.45) is 5.92 Å². The van der Waals surface area contributed by atoms with Gasteiger partial charge < -0.3 is 4.90 Å². The van der Waals surface area contributed by atoms with Gasteiger partial charge in [-0.2, -0.15) is 4.31 Å². The first kappa shape index (κ1) is 18.3. The Kier molecular flexibility index (Phi) is 5.24. The largest absolute Gasteiger partial charge is 0.340 e. The van der Waals surface area contributed by atoms with Crippen LogP contribution in [0.2, 0.25) is 0 Å². The lowest BCUT2D eigenvalue weighted by atomic mass is 10.2. The van der Waals surface area contributed by atoms with Crippen LogP contribution >= 0.6 is 0 Å². The number of hydrogen-bond donors (Lipinski definition) is 0. The number of sulfonamides is 1. The van der Waals surface area contributed by atoms with Crippen molar-refractivity contribution in [1.29, 1.82) is 0 Å². The van der Waals surface area contributed by atoms with Crippen LogP contribution in [0.5, 0.6) is 0 Å². The zero-order valence-corrected chi connectivity index (χ0v) is 14.7. The van der Waals surface area contributed by atoms with E-state index in [0.29, 0.717) is 18.7 Å². The Morgan fingerprint density at radius 2 is 1.79 bits per heavy atom. The summed E-state index contributed by atoms with van der Waals surface area (Å²) in [6.07, 6.45) is 0. The number of non-ortho nitro benzene ring substituents is 1. The van der Waals surface area contributed by atoms with Crippen LogP contribution in [0.25, 0.3) is 0 Å². The topological polar surface area (TPSA) is 101 Å². The Morgan fingerprint density at radius 3 is 2.29 bits per heavy atom. The maximum atomic E-state index is 12.8. The fourth-order valence-corrected chi connectivity index (χ4v) is 4.30. The molecule has 1 aromatic rings. The van der Waals surface area contributed by atoms with Crippen molar-refractivity contribution in [2.45, 2.75) is 25.7 Å². The average molecular weight is 355 g/mol. The summed E-state index contributed by atoms with van der Waals surface area (Å²) in [7, 11) is -3.83. The quantitative estimate of drug-likeness (QED) is 0.600. The van der Waals surface area contributed by atoms with Crippen LogP contribution in [0, 0.1) is 23.0 Å². The van der Waals surface area contributed by atoms with E-state index in [-0.39, 0.29) is 35.5 Å². The summed E-state index contributed by atoms with van der Waals surface area (Å²) in [5.41, 5.74) is 0.203. The molecule has 0 aliphatic carbocycles. The summed E-state index contributed by atoms with van der Waals surface area (Å²) in [5, 5.41) is 10.9. The zero-order chi connectivity index (χ0) is 18.1. The first-order valence-electron chi connectivity index (χ1n) is 7.68. The minimum atomic E-state index is -3.83. The molecule has 1 aliphatic rings. The molecular formula is C15H21N3O5S. The van der Waals surface area contributed by atoms with Crippen molar-refractivity contribution in [3.05, 3.63) is 33.9 Å². The second-order valence-corrected chi connectivity index (χ2v) is 8.00. The molecule has 2 rings (SSSR count). The van der Waals surface area contributed by atoms with Gasteiger partial charge in [-0.15, -0.1) is 0 Å². The molecule has 0 unspecified atom stereocenters. The van der Waals surface area contributed by atoms with Crippen molar-refractivity contribution in [3.63, 3.8) is 0 Å². The minimum Gasteiger partial charge on any atom is -0.340 e. The molecule has 132 valence electrons. The normalized spacial score (nSPS) is 16.4. The highest BCUT2D eigenvalue weighted by molar-refractivity contribution is 7.89. The van der Waals surface area contributed by atoms with Crippen molar-refractivity contribution in [3.8, 4) is 0 Å². The van der Waals surface area contributed by atoms with Crippen LogP contribution in [-0.2, 0) is 14.8 Å². The lowest BCUT2D eigenvalue weighted by Crippen LogP contribution is -2.51. The molecule has 1 amide bonds. The standard InChI is InChI=1S/C15H21N3O5S/c1-11(2)15(19)16-6-8-17(9-7-16)24(22,23)14-10-13(18(20)21)5-4-12(14)3/h4-5,10-11H,6-9H2,1-3H3. The summed E-state index contributed by atoms with van der Waals surface area (Å²) in [6, 6.07) is 3.81. The van der Waals surface area contributed by atoms with Crippen molar-refractivity contribution < 1.29 is 18.1 Å². The zero-order valence-electron chi connectivity index (χ0n) is 13.9.